The van der Waals surface area contributed by atoms with Crippen molar-refractivity contribution < 1.29 is 9.59 Å². The topological polar surface area (TPSA) is 84.2 Å². The van der Waals surface area contributed by atoms with Crippen LogP contribution in [0.1, 0.15) is 32.6 Å². The predicted molar refractivity (Wildman–Crippen MR) is 59.2 cm³/mol. The normalized spacial score (nSPS) is 9.73. The Morgan fingerprint density at radius 3 is 2.40 bits per heavy atom. The van der Waals surface area contributed by atoms with E-state index in [1.165, 1.54) is 0 Å². The number of hydrogen-bond donors (Lipinski definition) is 3. The molecule has 0 bridgehead atoms. The van der Waals surface area contributed by atoms with Gasteiger partial charge in [0.1, 0.15) is 0 Å². The van der Waals surface area contributed by atoms with Crippen molar-refractivity contribution in [3.8, 4) is 0 Å². The Labute approximate surface area is 90.8 Å². The average Bonchev–Trinajstić information content (AvgIpc) is 2.22. The number of rotatable bonds is 8. The molecule has 0 aromatic rings. The molecule has 5 heteroatoms. The molecular weight excluding hydrogens is 194 g/mol. The van der Waals surface area contributed by atoms with E-state index in [-0.39, 0.29) is 18.4 Å². The van der Waals surface area contributed by atoms with Gasteiger partial charge < -0.3 is 16.4 Å². The van der Waals surface area contributed by atoms with Gasteiger partial charge in [-0.15, -0.1) is 0 Å². The quantitative estimate of drug-likeness (QED) is 0.488. The predicted octanol–water partition coefficient (Wildman–Crippen LogP) is -0.242. The number of amides is 2. The summed E-state index contributed by atoms with van der Waals surface area (Å²) in [5.41, 5.74) is 5.32. The van der Waals surface area contributed by atoms with Gasteiger partial charge in [0.15, 0.2) is 0 Å². The van der Waals surface area contributed by atoms with Crippen LogP contribution in [0.15, 0.2) is 0 Å². The van der Waals surface area contributed by atoms with Crippen LogP contribution in [0.2, 0.25) is 0 Å². The molecular formula is C10H21N3O2. The van der Waals surface area contributed by atoms with Gasteiger partial charge in [-0.05, 0) is 26.3 Å². The minimum atomic E-state index is -0.146. The molecule has 0 spiro atoms. The van der Waals surface area contributed by atoms with Gasteiger partial charge in [0.2, 0.25) is 11.8 Å². The van der Waals surface area contributed by atoms with Crippen LogP contribution >= 0.6 is 0 Å². The van der Waals surface area contributed by atoms with Crippen LogP contribution in [0.25, 0.3) is 0 Å². The van der Waals surface area contributed by atoms with Crippen LogP contribution < -0.4 is 16.4 Å². The SMILES string of the molecule is CCNC(=O)CNC(=O)CCCCCN. The van der Waals surface area contributed by atoms with Gasteiger partial charge in [0, 0.05) is 13.0 Å². The molecule has 88 valence electrons. The minimum absolute atomic E-state index is 0.0710. The van der Waals surface area contributed by atoms with Crippen LogP contribution in [0.5, 0.6) is 0 Å². The lowest BCUT2D eigenvalue weighted by Gasteiger charge is -2.04. The summed E-state index contributed by atoms with van der Waals surface area (Å²) in [6.07, 6.45) is 3.21. The van der Waals surface area contributed by atoms with Crippen molar-refractivity contribution >= 4 is 11.8 Å². The Morgan fingerprint density at radius 2 is 1.80 bits per heavy atom. The average molecular weight is 215 g/mol. The number of unbranched alkanes of at least 4 members (excludes halogenated alkanes) is 2. The zero-order valence-electron chi connectivity index (χ0n) is 9.34. The largest absolute Gasteiger partial charge is 0.355 e. The monoisotopic (exact) mass is 215 g/mol. The lowest BCUT2D eigenvalue weighted by Crippen LogP contribution is -2.36. The first-order valence-electron chi connectivity index (χ1n) is 5.44. The van der Waals surface area contributed by atoms with Crippen molar-refractivity contribution in [3.63, 3.8) is 0 Å². The van der Waals surface area contributed by atoms with Gasteiger partial charge >= 0.3 is 0 Å². The highest BCUT2D eigenvalue weighted by molar-refractivity contribution is 5.84. The van der Waals surface area contributed by atoms with Gasteiger partial charge in [-0.1, -0.05) is 6.42 Å². The Kier molecular flexibility index (Phi) is 8.76. The van der Waals surface area contributed by atoms with E-state index in [0.29, 0.717) is 19.5 Å². The van der Waals surface area contributed by atoms with Crippen LogP contribution in [0, 0.1) is 0 Å². The van der Waals surface area contributed by atoms with Crippen LogP contribution in [-0.4, -0.2) is 31.4 Å². The van der Waals surface area contributed by atoms with E-state index in [4.69, 9.17) is 5.73 Å². The summed E-state index contributed by atoms with van der Waals surface area (Å²) in [6, 6.07) is 0. The Morgan fingerprint density at radius 1 is 1.07 bits per heavy atom. The molecule has 15 heavy (non-hydrogen) atoms. The third-order valence-electron chi connectivity index (χ3n) is 1.93. The summed E-state index contributed by atoms with van der Waals surface area (Å²) in [6.45, 7) is 3.17. The molecule has 0 aromatic carbocycles. The number of nitrogens with one attached hydrogen (secondary N) is 2. The fourth-order valence-electron chi connectivity index (χ4n) is 1.13. The van der Waals surface area contributed by atoms with Crippen LogP contribution in [0.4, 0.5) is 0 Å². The van der Waals surface area contributed by atoms with E-state index >= 15 is 0 Å². The Bertz CT molecular complexity index is 195. The number of nitrogens with two attached hydrogens (primary N) is 1. The van der Waals surface area contributed by atoms with E-state index < -0.39 is 0 Å². The number of hydrogen-bond acceptors (Lipinski definition) is 3. The van der Waals surface area contributed by atoms with Crippen molar-refractivity contribution in [3.05, 3.63) is 0 Å². The highest BCUT2D eigenvalue weighted by Gasteiger charge is 2.03. The lowest BCUT2D eigenvalue weighted by atomic mass is 10.2. The van der Waals surface area contributed by atoms with Gasteiger partial charge in [0.05, 0.1) is 6.54 Å². The molecule has 0 aliphatic rings. The number of carbonyl (C=O) groups is 2. The molecule has 0 aliphatic heterocycles. The molecule has 4 N–H and O–H groups in total. The molecule has 0 saturated heterocycles. The smallest absolute Gasteiger partial charge is 0.239 e. The number of likely N-dealkylation sites (N-methyl/N-ethyl adjacent to an activating group) is 1. The van der Waals surface area contributed by atoms with E-state index in [2.05, 4.69) is 10.6 Å². The molecule has 0 unspecified atom stereocenters. The molecule has 0 saturated carbocycles. The highest BCUT2D eigenvalue weighted by Crippen LogP contribution is 1.97. The molecule has 0 aromatic heterocycles. The van der Waals surface area contributed by atoms with Crippen LogP contribution in [0.3, 0.4) is 0 Å². The third-order valence-corrected chi connectivity index (χ3v) is 1.93. The molecule has 0 atom stereocenters. The molecule has 5 nitrogen and oxygen atoms in total. The standard InChI is InChI=1S/C10H21N3O2/c1-2-12-10(15)8-13-9(14)6-4-3-5-7-11/h2-8,11H2,1H3,(H,12,15)(H,13,14). The first kappa shape index (κ1) is 13.9. The zero-order chi connectivity index (χ0) is 11.5. The second-order valence-electron chi connectivity index (χ2n) is 3.33. The summed E-state index contributed by atoms with van der Waals surface area (Å²) < 4.78 is 0. The third kappa shape index (κ3) is 9.21. The van der Waals surface area contributed by atoms with Crippen molar-refractivity contribution in [1.82, 2.24) is 10.6 Å². The maximum Gasteiger partial charge on any atom is 0.239 e. The van der Waals surface area contributed by atoms with Gasteiger partial charge in [0.25, 0.3) is 0 Å². The summed E-state index contributed by atoms with van der Waals surface area (Å²) in [4.78, 5) is 22.2. The van der Waals surface area contributed by atoms with Crippen molar-refractivity contribution in [2.45, 2.75) is 32.6 Å². The molecule has 0 rings (SSSR count). The zero-order valence-corrected chi connectivity index (χ0v) is 9.34. The maximum atomic E-state index is 11.2. The summed E-state index contributed by atoms with van der Waals surface area (Å²) >= 11 is 0. The van der Waals surface area contributed by atoms with E-state index in [1.807, 2.05) is 6.92 Å². The van der Waals surface area contributed by atoms with Gasteiger partial charge in [-0.25, -0.2) is 0 Å². The fourth-order valence-corrected chi connectivity index (χ4v) is 1.13. The van der Waals surface area contributed by atoms with E-state index in [9.17, 15) is 9.59 Å². The van der Waals surface area contributed by atoms with Crippen molar-refractivity contribution in [2.75, 3.05) is 19.6 Å². The maximum absolute atomic E-state index is 11.2. The van der Waals surface area contributed by atoms with Gasteiger partial charge in [-0.3, -0.25) is 9.59 Å². The molecule has 0 radical (unpaired) electrons. The van der Waals surface area contributed by atoms with Crippen molar-refractivity contribution in [2.24, 2.45) is 5.73 Å². The fraction of sp³-hybridized carbons (Fsp3) is 0.800. The Balaban J connectivity index is 3.36. The Hall–Kier alpha value is -1.10. The second-order valence-corrected chi connectivity index (χ2v) is 3.33. The highest BCUT2D eigenvalue weighted by atomic mass is 16.2. The molecule has 0 aliphatic carbocycles. The number of carbonyl (C=O) groups excluding carboxylic acids is 2. The van der Waals surface area contributed by atoms with E-state index in [0.717, 1.165) is 19.3 Å². The molecule has 0 heterocycles. The van der Waals surface area contributed by atoms with Crippen LogP contribution in [-0.2, 0) is 9.59 Å². The molecule has 0 fully saturated rings. The summed E-state index contributed by atoms with van der Waals surface area (Å²) in [7, 11) is 0. The first-order valence-corrected chi connectivity index (χ1v) is 5.44. The lowest BCUT2D eigenvalue weighted by molar-refractivity contribution is -0.126. The first-order chi connectivity index (χ1) is 7.20. The van der Waals surface area contributed by atoms with Crippen molar-refractivity contribution in [1.29, 1.82) is 0 Å². The minimum Gasteiger partial charge on any atom is -0.355 e. The van der Waals surface area contributed by atoms with E-state index in [1.54, 1.807) is 0 Å². The van der Waals surface area contributed by atoms with Gasteiger partial charge in [-0.2, -0.15) is 0 Å². The molecule has 2 amide bonds. The summed E-state index contributed by atoms with van der Waals surface area (Å²) in [5, 5.41) is 5.17. The summed E-state index contributed by atoms with van der Waals surface area (Å²) in [5.74, 6) is -0.217. The second kappa shape index (κ2) is 9.45.